The molecular weight excluding hydrogens is 430 g/mol. The van der Waals surface area contributed by atoms with Gasteiger partial charge in [-0.15, -0.1) is 15.3 Å². The van der Waals surface area contributed by atoms with Crippen molar-refractivity contribution < 1.29 is 30.7 Å². The molecule has 0 amide bonds. The van der Waals surface area contributed by atoms with Crippen LogP contribution in [0, 0.1) is 11.7 Å². The van der Waals surface area contributed by atoms with Crippen molar-refractivity contribution in [2.24, 2.45) is 5.92 Å². The molecule has 1 aliphatic heterocycles. The summed E-state index contributed by atoms with van der Waals surface area (Å²) in [5.41, 5.74) is -0.0855. The lowest BCUT2D eigenvalue weighted by Gasteiger charge is -2.17. The van der Waals surface area contributed by atoms with Gasteiger partial charge in [-0.05, 0) is 24.6 Å². The molecule has 2 aromatic heterocycles. The van der Waals surface area contributed by atoms with Gasteiger partial charge in [-0.1, -0.05) is 12.1 Å². The fourth-order valence-electron chi connectivity index (χ4n) is 3.17. The van der Waals surface area contributed by atoms with Gasteiger partial charge in [0.2, 0.25) is 15.9 Å². The number of hydrogen-bond donors (Lipinski definition) is 0. The van der Waals surface area contributed by atoms with Crippen molar-refractivity contribution in [1.29, 1.82) is 0 Å². The summed E-state index contributed by atoms with van der Waals surface area (Å²) < 4.78 is 85.2. The summed E-state index contributed by atoms with van der Waals surface area (Å²) in [6, 6.07) is 7.76. The van der Waals surface area contributed by atoms with Crippen molar-refractivity contribution in [2.75, 3.05) is 19.7 Å². The lowest BCUT2D eigenvalue weighted by molar-refractivity contribution is -0.146. The SMILES string of the molecule is O=S(=O)(c1ccccc1F)N1CCC(COc2ccc3nnc(C(F)(F)F)n3n2)C1. The first kappa shape index (κ1) is 20.5. The molecule has 160 valence electrons. The van der Waals surface area contributed by atoms with Crippen LogP contribution in [0.3, 0.4) is 0 Å². The second kappa shape index (κ2) is 7.47. The van der Waals surface area contributed by atoms with Gasteiger partial charge in [0.15, 0.2) is 5.65 Å². The van der Waals surface area contributed by atoms with Crippen molar-refractivity contribution in [2.45, 2.75) is 17.5 Å². The van der Waals surface area contributed by atoms with E-state index in [2.05, 4.69) is 15.3 Å². The molecule has 1 saturated heterocycles. The Hall–Kier alpha value is -2.80. The monoisotopic (exact) mass is 445 g/mol. The molecule has 3 aromatic rings. The lowest BCUT2D eigenvalue weighted by Crippen LogP contribution is -2.30. The third-order valence-electron chi connectivity index (χ3n) is 4.66. The minimum atomic E-state index is -4.72. The first-order chi connectivity index (χ1) is 14.2. The molecule has 0 saturated carbocycles. The summed E-state index contributed by atoms with van der Waals surface area (Å²) in [6.07, 6.45) is -4.27. The summed E-state index contributed by atoms with van der Waals surface area (Å²) >= 11 is 0. The van der Waals surface area contributed by atoms with Gasteiger partial charge in [0.25, 0.3) is 5.82 Å². The molecule has 1 fully saturated rings. The van der Waals surface area contributed by atoms with Crippen LogP contribution in [0.25, 0.3) is 5.65 Å². The molecule has 0 bridgehead atoms. The molecule has 4 rings (SSSR count). The van der Waals surface area contributed by atoms with Crippen LogP contribution in [0.4, 0.5) is 17.6 Å². The van der Waals surface area contributed by atoms with E-state index >= 15 is 0 Å². The van der Waals surface area contributed by atoms with Gasteiger partial charge in [-0.3, -0.25) is 0 Å². The fourth-order valence-corrected chi connectivity index (χ4v) is 4.77. The second-order valence-electron chi connectivity index (χ2n) is 6.72. The van der Waals surface area contributed by atoms with Crippen molar-refractivity contribution in [1.82, 2.24) is 24.1 Å². The number of hydrogen-bond acceptors (Lipinski definition) is 6. The van der Waals surface area contributed by atoms with Crippen molar-refractivity contribution in [3.63, 3.8) is 0 Å². The molecule has 30 heavy (non-hydrogen) atoms. The highest BCUT2D eigenvalue weighted by molar-refractivity contribution is 7.89. The number of rotatable bonds is 5. The molecule has 8 nitrogen and oxygen atoms in total. The van der Waals surface area contributed by atoms with Crippen molar-refractivity contribution >= 4 is 15.7 Å². The number of nitrogens with zero attached hydrogens (tertiary/aromatic N) is 5. The molecule has 1 unspecified atom stereocenters. The van der Waals surface area contributed by atoms with Crippen LogP contribution >= 0.6 is 0 Å². The van der Waals surface area contributed by atoms with Gasteiger partial charge in [-0.25, -0.2) is 12.8 Å². The van der Waals surface area contributed by atoms with E-state index in [9.17, 15) is 26.0 Å². The van der Waals surface area contributed by atoms with Crippen molar-refractivity contribution in [3.05, 3.63) is 48.0 Å². The zero-order chi connectivity index (χ0) is 21.5. The minimum absolute atomic E-state index is 0.0330. The first-order valence-corrected chi connectivity index (χ1v) is 10.3. The Balaban J connectivity index is 1.44. The molecule has 13 heteroatoms. The third-order valence-corrected chi connectivity index (χ3v) is 6.56. The number of benzene rings is 1. The maximum atomic E-state index is 13.9. The third kappa shape index (κ3) is 3.81. The van der Waals surface area contributed by atoms with E-state index in [0.29, 0.717) is 10.9 Å². The van der Waals surface area contributed by atoms with E-state index in [1.807, 2.05) is 0 Å². The van der Waals surface area contributed by atoms with Crippen LogP contribution in [0.1, 0.15) is 12.2 Å². The second-order valence-corrected chi connectivity index (χ2v) is 8.63. The maximum absolute atomic E-state index is 13.9. The van der Waals surface area contributed by atoms with E-state index in [4.69, 9.17) is 4.74 Å². The highest BCUT2D eigenvalue weighted by Gasteiger charge is 2.38. The largest absolute Gasteiger partial charge is 0.476 e. The molecule has 0 radical (unpaired) electrons. The van der Waals surface area contributed by atoms with Gasteiger partial charge < -0.3 is 4.74 Å². The molecule has 0 spiro atoms. The van der Waals surface area contributed by atoms with E-state index in [-0.39, 0.29) is 37.1 Å². The summed E-state index contributed by atoms with van der Waals surface area (Å²) in [7, 11) is -3.99. The highest BCUT2D eigenvalue weighted by Crippen LogP contribution is 2.29. The number of alkyl halides is 3. The number of fused-ring (bicyclic) bond motifs is 1. The quantitative estimate of drug-likeness (QED) is 0.561. The fraction of sp³-hybridized carbons (Fsp3) is 0.353. The van der Waals surface area contributed by atoms with Crippen LogP contribution in [0.15, 0.2) is 41.3 Å². The standard InChI is InChI=1S/C17H15F4N5O3S/c18-12-3-1-2-4-13(12)30(27,28)25-8-7-11(9-25)10-29-15-6-5-14-22-23-16(17(19,20)21)26(14)24-15/h1-6,11H,7-10H2. The Morgan fingerprint density at radius 3 is 2.63 bits per heavy atom. The predicted octanol–water partition coefficient (Wildman–Crippen LogP) is 2.37. The Morgan fingerprint density at radius 1 is 1.13 bits per heavy atom. The minimum Gasteiger partial charge on any atom is -0.476 e. The molecule has 1 aromatic carbocycles. The Kier molecular flexibility index (Phi) is 5.10. The average molecular weight is 445 g/mol. The number of sulfonamides is 1. The van der Waals surface area contributed by atoms with Crippen molar-refractivity contribution in [3.8, 4) is 5.88 Å². The summed E-state index contributed by atoms with van der Waals surface area (Å²) in [4.78, 5) is -0.397. The van der Waals surface area contributed by atoms with E-state index in [0.717, 1.165) is 10.4 Å². The molecule has 1 aliphatic rings. The van der Waals surface area contributed by atoms with Crippen LogP contribution in [-0.4, -0.2) is 52.2 Å². The molecule has 1 atom stereocenters. The van der Waals surface area contributed by atoms with E-state index in [1.165, 1.54) is 30.3 Å². The molecule has 0 aliphatic carbocycles. The van der Waals surface area contributed by atoms with Gasteiger partial charge in [0, 0.05) is 25.1 Å². The summed E-state index contributed by atoms with van der Waals surface area (Å²) in [5, 5.41) is 10.2. The van der Waals surface area contributed by atoms with Gasteiger partial charge >= 0.3 is 6.18 Å². The molecular formula is C17H15F4N5O3S. The zero-order valence-electron chi connectivity index (χ0n) is 15.3. The van der Waals surface area contributed by atoms with Gasteiger partial charge in [0.1, 0.15) is 10.7 Å². The zero-order valence-corrected chi connectivity index (χ0v) is 16.1. The smallest absolute Gasteiger partial charge is 0.453 e. The Bertz CT molecular complexity index is 1180. The van der Waals surface area contributed by atoms with E-state index in [1.54, 1.807) is 0 Å². The van der Waals surface area contributed by atoms with Crippen LogP contribution in [0.2, 0.25) is 0 Å². The predicted molar refractivity (Wildman–Crippen MR) is 94.5 cm³/mol. The van der Waals surface area contributed by atoms with Crippen LogP contribution in [0.5, 0.6) is 5.88 Å². The normalized spacial score (nSPS) is 18.2. The highest BCUT2D eigenvalue weighted by atomic mass is 32.2. The molecule has 0 N–H and O–H groups in total. The Labute approximate surface area is 168 Å². The first-order valence-electron chi connectivity index (χ1n) is 8.83. The maximum Gasteiger partial charge on any atom is 0.453 e. The van der Waals surface area contributed by atoms with Crippen LogP contribution < -0.4 is 4.74 Å². The number of halogens is 4. The van der Waals surface area contributed by atoms with E-state index < -0.39 is 32.7 Å². The number of ether oxygens (including phenoxy) is 1. The van der Waals surface area contributed by atoms with Crippen LogP contribution in [-0.2, 0) is 16.2 Å². The number of aromatic nitrogens is 4. The summed E-state index contributed by atoms with van der Waals surface area (Å²) in [5.74, 6) is -2.41. The lowest BCUT2D eigenvalue weighted by atomic mass is 10.1. The van der Waals surface area contributed by atoms with Gasteiger partial charge in [0.05, 0.1) is 6.61 Å². The average Bonchev–Trinajstić information content (AvgIpc) is 3.33. The Morgan fingerprint density at radius 2 is 1.90 bits per heavy atom. The topological polar surface area (TPSA) is 89.7 Å². The molecule has 3 heterocycles. The van der Waals surface area contributed by atoms with Gasteiger partial charge in [-0.2, -0.15) is 22.0 Å². The summed E-state index contributed by atoms with van der Waals surface area (Å²) in [6.45, 7) is 0.311.